The second kappa shape index (κ2) is 4.99. The Bertz CT molecular complexity index is 499. The van der Waals surface area contributed by atoms with Gasteiger partial charge in [-0.05, 0) is 45.8 Å². The third-order valence-electron chi connectivity index (χ3n) is 4.68. The molecule has 3 heterocycles. The Morgan fingerprint density at radius 3 is 2.89 bits per heavy atom. The molecule has 4 heteroatoms. The molecule has 0 aromatic carbocycles. The Labute approximate surface area is 115 Å². The first-order valence-corrected chi connectivity index (χ1v) is 7.20. The first-order valence-electron chi connectivity index (χ1n) is 7.20. The van der Waals surface area contributed by atoms with E-state index in [4.69, 9.17) is 5.26 Å². The number of hydrogen-bond acceptors (Lipinski definition) is 3. The molecule has 3 rings (SSSR count). The van der Waals surface area contributed by atoms with Crippen molar-refractivity contribution in [3.63, 3.8) is 0 Å². The van der Waals surface area contributed by atoms with E-state index < -0.39 is 0 Å². The number of nitrogens with zero attached hydrogens (tertiary/aromatic N) is 3. The van der Waals surface area contributed by atoms with Crippen LogP contribution in [0.3, 0.4) is 0 Å². The van der Waals surface area contributed by atoms with Crippen molar-refractivity contribution in [3.05, 3.63) is 23.0 Å². The summed E-state index contributed by atoms with van der Waals surface area (Å²) in [5.41, 5.74) is 2.97. The van der Waals surface area contributed by atoms with E-state index in [1.807, 2.05) is 13.0 Å². The predicted molar refractivity (Wildman–Crippen MR) is 74.7 cm³/mol. The molecule has 2 atom stereocenters. The van der Waals surface area contributed by atoms with Crippen LogP contribution in [0.25, 0.3) is 0 Å². The number of nitrogens with one attached hydrogen (secondary N) is 1. The molecule has 0 unspecified atom stereocenters. The third-order valence-corrected chi connectivity index (χ3v) is 4.68. The van der Waals surface area contributed by atoms with Crippen molar-refractivity contribution in [1.82, 2.24) is 14.8 Å². The maximum atomic E-state index is 9.04. The highest BCUT2D eigenvalue weighted by molar-refractivity contribution is 5.36. The van der Waals surface area contributed by atoms with E-state index in [0.717, 1.165) is 23.8 Å². The number of rotatable bonds is 2. The van der Waals surface area contributed by atoms with Gasteiger partial charge in [-0.3, -0.25) is 4.90 Å². The van der Waals surface area contributed by atoms with Gasteiger partial charge in [0.1, 0.15) is 6.07 Å². The fourth-order valence-electron chi connectivity index (χ4n) is 3.62. The van der Waals surface area contributed by atoms with Gasteiger partial charge in [0.15, 0.2) is 0 Å². The molecule has 0 aliphatic carbocycles. The summed E-state index contributed by atoms with van der Waals surface area (Å²) in [4.78, 5) is 8.47. The normalized spacial score (nSPS) is 28.3. The molecular formula is C15H22N4. The van der Waals surface area contributed by atoms with Gasteiger partial charge >= 0.3 is 0 Å². The first kappa shape index (κ1) is 12.7. The summed E-state index contributed by atoms with van der Waals surface area (Å²) < 4.78 is 0. The second-order valence-electron chi connectivity index (χ2n) is 6.05. The van der Waals surface area contributed by atoms with Crippen molar-refractivity contribution in [1.29, 1.82) is 5.26 Å². The van der Waals surface area contributed by atoms with Crippen LogP contribution in [-0.2, 0) is 6.54 Å². The highest BCUT2D eigenvalue weighted by Gasteiger charge is 2.36. The Morgan fingerprint density at radius 2 is 2.16 bits per heavy atom. The van der Waals surface area contributed by atoms with Crippen LogP contribution in [0.5, 0.6) is 0 Å². The Hall–Kier alpha value is -1.31. The molecule has 1 aromatic heterocycles. The number of aromatic nitrogens is 1. The highest BCUT2D eigenvalue weighted by atomic mass is 15.3. The summed E-state index contributed by atoms with van der Waals surface area (Å²) in [6.45, 7) is 5.34. The van der Waals surface area contributed by atoms with Gasteiger partial charge in [0, 0.05) is 36.6 Å². The van der Waals surface area contributed by atoms with Crippen LogP contribution < -0.4 is 0 Å². The zero-order valence-corrected chi connectivity index (χ0v) is 11.8. The van der Waals surface area contributed by atoms with E-state index >= 15 is 0 Å². The lowest BCUT2D eigenvalue weighted by Crippen LogP contribution is -2.37. The van der Waals surface area contributed by atoms with Gasteiger partial charge in [-0.2, -0.15) is 5.26 Å². The molecule has 0 saturated carbocycles. The lowest BCUT2D eigenvalue weighted by atomic mass is 10.1. The third kappa shape index (κ3) is 2.41. The summed E-state index contributed by atoms with van der Waals surface area (Å²) in [6, 6.07) is 5.68. The van der Waals surface area contributed by atoms with E-state index in [1.165, 1.54) is 38.0 Å². The molecule has 1 N–H and O–H groups in total. The van der Waals surface area contributed by atoms with Gasteiger partial charge in [-0.1, -0.05) is 0 Å². The number of nitriles is 1. The summed E-state index contributed by atoms with van der Waals surface area (Å²) in [5, 5.41) is 9.04. The quantitative estimate of drug-likeness (QED) is 0.881. The Morgan fingerprint density at radius 1 is 1.37 bits per heavy atom. The number of likely N-dealkylation sites (N-methyl/N-ethyl adjacent to an activating group) is 1. The van der Waals surface area contributed by atoms with Crippen LogP contribution in [0.2, 0.25) is 0 Å². The molecule has 1 aromatic rings. The van der Waals surface area contributed by atoms with Crippen molar-refractivity contribution in [2.75, 3.05) is 20.1 Å². The van der Waals surface area contributed by atoms with Gasteiger partial charge in [0.05, 0.1) is 5.56 Å². The van der Waals surface area contributed by atoms with Crippen molar-refractivity contribution in [3.8, 4) is 6.07 Å². The zero-order valence-electron chi connectivity index (χ0n) is 11.8. The number of H-pyrrole nitrogens is 1. The van der Waals surface area contributed by atoms with Crippen LogP contribution >= 0.6 is 0 Å². The van der Waals surface area contributed by atoms with E-state index in [2.05, 4.69) is 27.9 Å². The molecular weight excluding hydrogens is 236 g/mol. The SMILES string of the molecule is Cc1[nH]c(CN2[C@@H]3CC[C@H]2CN(C)CC3)cc1C#N. The summed E-state index contributed by atoms with van der Waals surface area (Å²) in [5.74, 6) is 0. The van der Waals surface area contributed by atoms with E-state index in [1.54, 1.807) is 0 Å². The van der Waals surface area contributed by atoms with E-state index in [9.17, 15) is 0 Å². The zero-order chi connectivity index (χ0) is 13.4. The largest absolute Gasteiger partial charge is 0.360 e. The van der Waals surface area contributed by atoms with Crippen LogP contribution in [0.15, 0.2) is 6.07 Å². The summed E-state index contributed by atoms with van der Waals surface area (Å²) >= 11 is 0. The Balaban J connectivity index is 1.77. The topological polar surface area (TPSA) is 46.1 Å². The molecule has 102 valence electrons. The summed E-state index contributed by atoms with van der Waals surface area (Å²) in [6.07, 6.45) is 3.93. The van der Waals surface area contributed by atoms with Crippen molar-refractivity contribution < 1.29 is 0 Å². The summed E-state index contributed by atoms with van der Waals surface area (Å²) in [7, 11) is 2.23. The molecule has 0 amide bonds. The van der Waals surface area contributed by atoms with Gasteiger partial charge in [-0.15, -0.1) is 0 Å². The molecule has 2 fully saturated rings. The standard InChI is InChI=1S/C15H22N4/c1-11-12(8-16)7-13(17-11)9-19-14-3-4-15(19)10-18(2)6-5-14/h7,14-15,17H,3-6,9-10H2,1-2H3/t14-,15+/m1/s1. The Kier molecular flexibility index (Phi) is 3.34. The first-order chi connectivity index (χ1) is 9.17. The average molecular weight is 258 g/mol. The molecule has 2 saturated heterocycles. The fourth-order valence-corrected chi connectivity index (χ4v) is 3.62. The number of aromatic amines is 1. The monoisotopic (exact) mass is 258 g/mol. The smallest absolute Gasteiger partial charge is 0.101 e. The average Bonchev–Trinajstić information content (AvgIpc) is 2.86. The molecule has 2 aliphatic heterocycles. The van der Waals surface area contributed by atoms with Crippen LogP contribution in [-0.4, -0.2) is 47.0 Å². The van der Waals surface area contributed by atoms with Crippen LogP contribution in [0.1, 0.15) is 36.2 Å². The maximum Gasteiger partial charge on any atom is 0.101 e. The van der Waals surface area contributed by atoms with Crippen LogP contribution in [0, 0.1) is 18.3 Å². The fraction of sp³-hybridized carbons (Fsp3) is 0.667. The minimum atomic E-state index is 0.687. The molecule has 19 heavy (non-hydrogen) atoms. The molecule has 2 aliphatic rings. The number of fused-ring (bicyclic) bond motifs is 2. The predicted octanol–water partition coefficient (Wildman–Crippen LogP) is 1.86. The van der Waals surface area contributed by atoms with Crippen molar-refractivity contribution >= 4 is 0 Å². The minimum Gasteiger partial charge on any atom is -0.360 e. The molecule has 0 radical (unpaired) electrons. The number of aryl methyl sites for hydroxylation is 1. The van der Waals surface area contributed by atoms with Gasteiger partial charge in [-0.25, -0.2) is 0 Å². The second-order valence-corrected chi connectivity index (χ2v) is 6.05. The number of hydrogen-bond donors (Lipinski definition) is 1. The van der Waals surface area contributed by atoms with Gasteiger partial charge < -0.3 is 9.88 Å². The van der Waals surface area contributed by atoms with E-state index in [0.29, 0.717) is 6.04 Å². The number of likely N-dealkylation sites (tertiary alicyclic amines) is 1. The van der Waals surface area contributed by atoms with Gasteiger partial charge in [0.2, 0.25) is 0 Å². The molecule has 2 bridgehead atoms. The molecule has 4 nitrogen and oxygen atoms in total. The van der Waals surface area contributed by atoms with Gasteiger partial charge in [0.25, 0.3) is 0 Å². The van der Waals surface area contributed by atoms with E-state index in [-0.39, 0.29) is 0 Å². The minimum absolute atomic E-state index is 0.687. The van der Waals surface area contributed by atoms with Crippen molar-refractivity contribution in [2.24, 2.45) is 0 Å². The lowest BCUT2D eigenvalue weighted by molar-refractivity contribution is 0.182. The lowest BCUT2D eigenvalue weighted by Gasteiger charge is -2.27. The van der Waals surface area contributed by atoms with Crippen molar-refractivity contribution in [2.45, 2.75) is 44.8 Å². The van der Waals surface area contributed by atoms with Crippen LogP contribution in [0.4, 0.5) is 0 Å². The maximum absolute atomic E-state index is 9.04. The highest BCUT2D eigenvalue weighted by Crippen LogP contribution is 2.31. The molecule has 0 spiro atoms.